The van der Waals surface area contributed by atoms with Crippen LogP contribution in [0, 0.1) is 5.82 Å². The fourth-order valence-corrected chi connectivity index (χ4v) is 3.57. The molecule has 1 amide bonds. The number of anilines is 2. The summed E-state index contributed by atoms with van der Waals surface area (Å²) < 4.78 is 32.7. The van der Waals surface area contributed by atoms with E-state index < -0.39 is 17.5 Å². The largest absolute Gasteiger partial charge is 0.494 e. The molecule has 3 aromatic rings. The van der Waals surface area contributed by atoms with E-state index >= 15 is 0 Å². The molecule has 1 aliphatic rings. The van der Waals surface area contributed by atoms with Crippen LogP contribution in [0.15, 0.2) is 36.5 Å². The van der Waals surface area contributed by atoms with Gasteiger partial charge in [0.15, 0.2) is 5.75 Å². The summed E-state index contributed by atoms with van der Waals surface area (Å²) in [5, 5.41) is 7.16. The topological polar surface area (TPSA) is 114 Å². The molecule has 35 heavy (non-hydrogen) atoms. The van der Waals surface area contributed by atoms with E-state index in [1.807, 2.05) is 23.0 Å². The second kappa shape index (κ2) is 9.91. The van der Waals surface area contributed by atoms with Gasteiger partial charge in [-0.2, -0.15) is 5.10 Å². The predicted molar refractivity (Wildman–Crippen MR) is 129 cm³/mol. The van der Waals surface area contributed by atoms with Gasteiger partial charge in [0.2, 0.25) is 0 Å². The Hall–Kier alpha value is -3.66. The molecule has 2 heterocycles. The monoisotopic (exact) mass is 483 g/mol. The van der Waals surface area contributed by atoms with Crippen LogP contribution < -0.4 is 15.8 Å². The minimum absolute atomic E-state index is 0.0587. The molecule has 1 aliphatic carbocycles. The Bertz CT molecular complexity index is 1220. The molecule has 9 nitrogen and oxygen atoms in total. The van der Waals surface area contributed by atoms with E-state index in [4.69, 9.17) is 19.9 Å². The zero-order valence-corrected chi connectivity index (χ0v) is 20.3. The maximum atomic E-state index is 14.3. The van der Waals surface area contributed by atoms with E-state index in [2.05, 4.69) is 15.4 Å². The van der Waals surface area contributed by atoms with Crippen molar-refractivity contribution in [1.82, 2.24) is 14.8 Å². The van der Waals surface area contributed by atoms with Gasteiger partial charge in [-0.25, -0.2) is 14.2 Å². The summed E-state index contributed by atoms with van der Waals surface area (Å²) in [4.78, 5) is 16.1. The first-order valence-electron chi connectivity index (χ1n) is 11.4. The Morgan fingerprint density at radius 3 is 2.69 bits per heavy atom. The number of nitrogens with zero attached hydrogens (tertiary/aromatic N) is 3. The fourth-order valence-electron chi connectivity index (χ4n) is 3.57. The average molecular weight is 484 g/mol. The van der Waals surface area contributed by atoms with Crippen molar-refractivity contribution in [2.75, 3.05) is 18.2 Å². The normalized spacial score (nSPS) is 13.5. The van der Waals surface area contributed by atoms with Gasteiger partial charge >= 0.3 is 6.09 Å². The lowest BCUT2D eigenvalue weighted by molar-refractivity contribution is 0.0635. The van der Waals surface area contributed by atoms with Crippen molar-refractivity contribution in [3.05, 3.63) is 53.6 Å². The molecule has 1 saturated carbocycles. The van der Waals surface area contributed by atoms with Gasteiger partial charge in [-0.3, -0.25) is 10.00 Å². The zero-order valence-electron chi connectivity index (χ0n) is 20.3. The van der Waals surface area contributed by atoms with Gasteiger partial charge in [0.05, 0.1) is 37.7 Å². The number of benzene rings is 1. The number of hydrogen-bond acceptors (Lipinski definition) is 7. The highest BCUT2D eigenvalue weighted by Gasteiger charge is 2.25. The third-order valence-electron chi connectivity index (χ3n) is 5.24. The summed E-state index contributed by atoms with van der Waals surface area (Å²) in [5.74, 6) is 0.171. The number of halogens is 1. The maximum Gasteiger partial charge on any atom is 0.413 e. The molecule has 2 aromatic heterocycles. The van der Waals surface area contributed by atoms with E-state index in [1.165, 1.54) is 12.1 Å². The lowest BCUT2D eigenvalue weighted by atomic mass is 10.1. The van der Waals surface area contributed by atoms with Crippen LogP contribution in [0.3, 0.4) is 0 Å². The van der Waals surface area contributed by atoms with Crippen LogP contribution in [-0.4, -0.2) is 33.6 Å². The Balaban J connectivity index is 1.44. The van der Waals surface area contributed by atoms with Gasteiger partial charge in [-0.15, -0.1) is 0 Å². The van der Waals surface area contributed by atoms with Crippen LogP contribution in [0.4, 0.5) is 20.7 Å². The number of carbonyl (C=O) groups excluding carboxylic acids is 1. The molecule has 10 heteroatoms. The van der Waals surface area contributed by atoms with Crippen molar-refractivity contribution in [3.8, 4) is 17.0 Å². The number of ether oxygens (including phenoxy) is 3. The minimum Gasteiger partial charge on any atom is -0.494 e. The highest BCUT2D eigenvalue weighted by atomic mass is 19.1. The van der Waals surface area contributed by atoms with E-state index in [9.17, 15) is 9.18 Å². The van der Waals surface area contributed by atoms with Crippen LogP contribution in [-0.2, 0) is 22.7 Å². The standard InChI is InChI=1S/C25H30FN5O4/c1-25(2,3)35-24(32)29-22-8-7-18(26)21(28-22)14-34-13-15-11-17(23(33-4)19(27)12-15)20-9-10-31(30-20)16-5-6-16/h7-12,16H,5-6,13-14,27H2,1-4H3,(H,28,29,32). The van der Waals surface area contributed by atoms with E-state index in [0.29, 0.717) is 17.5 Å². The van der Waals surface area contributed by atoms with Crippen molar-refractivity contribution < 1.29 is 23.4 Å². The highest BCUT2D eigenvalue weighted by Crippen LogP contribution is 2.38. The third kappa shape index (κ3) is 6.27. The zero-order chi connectivity index (χ0) is 25.2. The van der Waals surface area contributed by atoms with Gasteiger partial charge in [0, 0.05) is 11.8 Å². The van der Waals surface area contributed by atoms with Gasteiger partial charge in [0.25, 0.3) is 0 Å². The molecular weight excluding hydrogens is 453 g/mol. The molecule has 4 rings (SSSR count). The number of pyridine rings is 1. The summed E-state index contributed by atoms with van der Waals surface area (Å²) in [5.41, 5.74) is 8.38. The van der Waals surface area contributed by atoms with Gasteiger partial charge in [-0.1, -0.05) is 0 Å². The molecule has 0 unspecified atom stereocenters. The summed E-state index contributed by atoms with van der Waals surface area (Å²) in [6, 6.07) is 8.63. The molecule has 0 spiro atoms. The van der Waals surface area contributed by atoms with E-state index in [1.54, 1.807) is 33.9 Å². The summed E-state index contributed by atoms with van der Waals surface area (Å²) >= 11 is 0. The van der Waals surface area contributed by atoms with Gasteiger partial charge < -0.3 is 19.9 Å². The lowest BCUT2D eigenvalue weighted by Gasteiger charge is -2.19. The van der Waals surface area contributed by atoms with Crippen molar-refractivity contribution in [2.45, 2.75) is 58.5 Å². The van der Waals surface area contributed by atoms with Gasteiger partial charge in [0.1, 0.15) is 22.9 Å². The fraction of sp³-hybridized carbons (Fsp3) is 0.400. The Morgan fingerprint density at radius 2 is 2.00 bits per heavy atom. The molecule has 1 fully saturated rings. The van der Waals surface area contributed by atoms with Crippen molar-refractivity contribution in [1.29, 1.82) is 0 Å². The maximum absolute atomic E-state index is 14.3. The first-order valence-corrected chi connectivity index (χ1v) is 11.4. The number of nitrogens with two attached hydrogens (primary N) is 1. The number of nitrogens with one attached hydrogen (secondary N) is 1. The van der Waals surface area contributed by atoms with Crippen LogP contribution in [0.5, 0.6) is 5.75 Å². The van der Waals surface area contributed by atoms with Crippen LogP contribution >= 0.6 is 0 Å². The number of hydrogen-bond donors (Lipinski definition) is 2. The Kier molecular flexibility index (Phi) is 6.93. The molecular formula is C25H30FN5O4. The first kappa shape index (κ1) is 24.5. The molecule has 186 valence electrons. The second-order valence-corrected chi connectivity index (χ2v) is 9.42. The number of methoxy groups -OCH3 is 1. The van der Waals surface area contributed by atoms with Crippen molar-refractivity contribution in [2.24, 2.45) is 0 Å². The Labute approximate surface area is 203 Å². The average Bonchev–Trinajstić information content (AvgIpc) is 3.51. The van der Waals surface area contributed by atoms with Crippen LogP contribution in [0.2, 0.25) is 0 Å². The van der Waals surface area contributed by atoms with Gasteiger partial charge in [-0.05, 0) is 69.5 Å². The molecule has 0 radical (unpaired) electrons. The molecule has 3 N–H and O–H groups in total. The lowest BCUT2D eigenvalue weighted by Crippen LogP contribution is -2.27. The quantitative estimate of drug-likeness (QED) is 0.430. The number of nitrogen functional groups attached to an aromatic ring is 1. The number of carbonyl (C=O) groups is 1. The number of rotatable bonds is 8. The molecule has 0 aliphatic heterocycles. The molecule has 0 atom stereocenters. The SMILES string of the molecule is COc1c(N)cc(COCc2nc(NC(=O)OC(C)(C)C)ccc2F)cc1-c1ccn(C2CC2)n1. The molecule has 0 bridgehead atoms. The van der Waals surface area contributed by atoms with Crippen LogP contribution in [0.25, 0.3) is 11.3 Å². The second-order valence-electron chi connectivity index (χ2n) is 9.42. The number of amides is 1. The third-order valence-corrected chi connectivity index (χ3v) is 5.24. The van der Waals surface area contributed by atoms with Crippen molar-refractivity contribution >= 4 is 17.6 Å². The number of aromatic nitrogens is 3. The van der Waals surface area contributed by atoms with E-state index in [0.717, 1.165) is 29.7 Å². The first-order chi connectivity index (χ1) is 16.6. The minimum atomic E-state index is -0.672. The smallest absolute Gasteiger partial charge is 0.413 e. The van der Waals surface area contributed by atoms with Crippen molar-refractivity contribution in [3.63, 3.8) is 0 Å². The molecule has 1 aromatic carbocycles. The summed E-state index contributed by atoms with van der Waals surface area (Å²) in [6.07, 6.45) is 3.55. The van der Waals surface area contributed by atoms with E-state index in [-0.39, 0.29) is 24.7 Å². The molecule has 0 saturated heterocycles. The summed E-state index contributed by atoms with van der Waals surface area (Å²) in [7, 11) is 1.57. The Morgan fingerprint density at radius 1 is 1.23 bits per heavy atom. The van der Waals surface area contributed by atoms with Crippen LogP contribution in [0.1, 0.15) is 50.9 Å². The predicted octanol–water partition coefficient (Wildman–Crippen LogP) is 5.07. The highest BCUT2D eigenvalue weighted by molar-refractivity contribution is 5.83. The summed E-state index contributed by atoms with van der Waals surface area (Å²) in [6.45, 7) is 5.31.